The highest BCUT2D eigenvalue weighted by Gasteiger charge is 2.20. The van der Waals surface area contributed by atoms with E-state index in [0.717, 1.165) is 33.4 Å². The van der Waals surface area contributed by atoms with Crippen molar-refractivity contribution >= 4 is 39.5 Å². The molecule has 10 heteroatoms. The zero-order valence-corrected chi connectivity index (χ0v) is 23.3. The lowest BCUT2D eigenvalue weighted by Gasteiger charge is -2.20. The van der Waals surface area contributed by atoms with Gasteiger partial charge in [-0.15, -0.1) is 0 Å². The third-order valence-electron chi connectivity index (χ3n) is 5.97. The number of benzene rings is 2. The van der Waals surface area contributed by atoms with Gasteiger partial charge in [0.1, 0.15) is 22.6 Å². The fourth-order valence-electron chi connectivity index (χ4n) is 3.96. The number of carbonyl (C=O) groups excluding carboxylic acids is 2. The summed E-state index contributed by atoms with van der Waals surface area (Å²) < 4.78 is 19.8. The molecule has 1 heterocycles. The van der Waals surface area contributed by atoms with Crippen molar-refractivity contribution in [3.63, 3.8) is 0 Å². The second-order valence-electron chi connectivity index (χ2n) is 9.24. The van der Waals surface area contributed by atoms with E-state index in [2.05, 4.69) is 10.3 Å². The molecule has 0 saturated heterocycles. The summed E-state index contributed by atoms with van der Waals surface area (Å²) in [6.45, 7) is 3.87. The van der Waals surface area contributed by atoms with Crippen LogP contribution in [0.1, 0.15) is 16.7 Å². The second kappa shape index (κ2) is 12.2. The standard InChI is InChI=1S/C27H35N5O4S/c1-18-12-22(36-7)13-19(2)27(18)37(35)32(6)17-25(33)28-15-26(34)31(5)16-20-8-10-23-21(14-20)9-11-24(29-23)30(3)4/h8-14H,15-17H2,1-7H3,(H,28,33). The maximum absolute atomic E-state index is 13.1. The van der Waals surface area contributed by atoms with Crippen molar-refractivity contribution in [3.8, 4) is 5.75 Å². The third-order valence-corrected chi connectivity index (χ3v) is 7.66. The molecule has 0 spiro atoms. The Kier molecular flexibility index (Phi) is 9.23. The molecule has 198 valence electrons. The summed E-state index contributed by atoms with van der Waals surface area (Å²) in [5.74, 6) is 0.972. The summed E-state index contributed by atoms with van der Waals surface area (Å²) in [6.07, 6.45) is 0. The van der Waals surface area contributed by atoms with Gasteiger partial charge in [0.05, 0.1) is 30.6 Å². The average molecular weight is 526 g/mol. The van der Waals surface area contributed by atoms with Gasteiger partial charge in [-0.05, 0) is 66.9 Å². The molecule has 1 N–H and O–H groups in total. The normalized spacial score (nSPS) is 11.9. The second-order valence-corrected chi connectivity index (χ2v) is 10.8. The minimum absolute atomic E-state index is 0.110. The van der Waals surface area contributed by atoms with Crippen molar-refractivity contribution in [2.24, 2.45) is 0 Å². The first kappa shape index (κ1) is 28.1. The summed E-state index contributed by atoms with van der Waals surface area (Å²) in [7, 11) is 7.25. The maximum atomic E-state index is 13.1. The fraction of sp³-hybridized carbons (Fsp3) is 0.370. The molecule has 9 nitrogen and oxygen atoms in total. The van der Waals surface area contributed by atoms with Crippen molar-refractivity contribution in [1.29, 1.82) is 0 Å². The number of pyridine rings is 1. The Morgan fingerprint density at radius 1 is 1.00 bits per heavy atom. The smallest absolute Gasteiger partial charge is 0.242 e. The van der Waals surface area contributed by atoms with Gasteiger partial charge in [0.2, 0.25) is 11.8 Å². The number of anilines is 1. The number of aryl methyl sites for hydroxylation is 2. The van der Waals surface area contributed by atoms with Crippen LogP contribution in [0.2, 0.25) is 0 Å². The lowest BCUT2D eigenvalue weighted by Crippen LogP contribution is -2.42. The van der Waals surface area contributed by atoms with Crippen LogP contribution in [0, 0.1) is 13.8 Å². The van der Waals surface area contributed by atoms with Crippen LogP contribution < -0.4 is 15.0 Å². The summed E-state index contributed by atoms with van der Waals surface area (Å²) in [6, 6.07) is 13.5. The summed E-state index contributed by atoms with van der Waals surface area (Å²) in [5, 5.41) is 3.64. The highest BCUT2D eigenvalue weighted by Crippen LogP contribution is 2.25. The number of hydrogen-bond acceptors (Lipinski definition) is 6. The molecule has 0 aliphatic carbocycles. The molecular formula is C27H35N5O4S. The lowest BCUT2D eigenvalue weighted by atomic mass is 10.1. The summed E-state index contributed by atoms with van der Waals surface area (Å²) in [4.78, 5) is 33.9. The first-order valence-electron chi connectivity index (χ1n) is 11.9. The van der Waals surface area contributed by atoms with Crippen molar-refractivity contribution < 1.29 is 18.5 Å². The molecule has 0 aliphatic heterocycles. The Hall–Kier alpha value is -3.50. The van der Waals surface area contributed by atoms with Gasteiger partial charge >= 0.3 is 0 Å². The van der Waals surface area contributed by atoms with Crippen LogP contribution in [0.4, 0.5) is 5.82 Å². The Bertz CT molecular complexity index is 1300. The van der Waals surface area contributed by atoms with E-state index in [-0.39, 0.29) is 24.9 Å². The number of rotatable bonds is 10. The average Bonchev–Trinajstić information content (AvgIpc) is 2.86. The van der Waals surface area contributed by atoms with Crippen molar-refractivity contribution in [3.05, 3.63) is 59.2 Å². The maximum Gasteiger partial charge on any atom is 0.242 e. The van der Waals surface area contributed by atoms with Crippen molar-refractivity contribution in [2.75, 3.05) is 53.3 Å². The van der Waals surface area contributed by atoms with Gasteiger partial charge in [-0.2, -0.15) is 0 Å². The van der Waals surface area contributed by atoms with Gasteiger partial charge in [-0.1, -0.05) is 6.07 Å². The molecule has 0 bridgehead atoms. The Morgan fingerprint density at radius 3 is 2.30 bits per heavy atom. The van der Waals surface area contributed by atoms with Crippen LogP contribution in [-0.4, -0.2) is 78.6 Å². The van der Waals surface area contributed by atoms with Crippen LogP contribution in [0.15, 0.2) is 47.4 Å². The van der Waals surface area contributed by atoms with Crippen LogP contribution in [0.5, 0.6) is 5.75 Å². The Labute approximate surface area is 221 Å². The molecule has 1 unspecified atom stereocenters. The summed E-state index contributed by atoms with van der Waals surface area (Å²) >= 11 is 0. The van der Waals surface area contributed by atoms with Crippen LogP contribution in [0.25, 0.3) is 10.9 Å². The molecule has 3 rings (SSSR count). The highest BCUT2D eigenvalue weighted by atomic mass is 32.2. The zero-order valence-electron chi connectivity index (χ0n) is 22.5. The van der Waals surface area contributed by atoms with Gasteiger partial charge in [-0.3, -0.25) is 9.59 Å². The first-order chi connectivity index (χ1) is 17.5. The number of hydrogen-bond donors (Lipinski definition) is 1. The molecular weight excluding hydrogens is 490 g/mol. The van der Waals surface area contributed by atoms with E-state index in [4.69, 9.17) is 4.74 Å². The van der Waals surface area contributed by atoms with Gasteiger partial charge in [0, 0.05) is 40.1 Å². The van der Waals surface area contributed by atoms with E-state index in [1.165, 1.54) is 4.31 Å². The molecule has 37 heavy (non-hydrogen) atoms. The van der Waals surface area contributed by atoms with Gasteiger partial charge in [-0.25, -0.2) is 13.5 Å². The largest absolute Gasteiger partial charge is 0.497 e. The molecule has 0 saturated carbocycles. The first-order valence-corrected chi connectivity index (χ1v) is 13.0. The number of aromatic nitrogens is 1. The van der Waals surface area contributed by atoms with Gasteiger partial charge < -0.3 is 19.9 Å². The van der Waals surface area contributed by atoms with E-state index in [1.54, 1.807) is 26.1 Å². The number of methoxy groups -OCH3 is 1. The number of carbonyl (C=O) groups is 2. The molecule has 2 aromatic carbocycles. The highest BCUT2D eigenvalue weighted by molar-refractivity contribution is 7.82. The zero-order chi connectivity index (χ0) is 27.3. The number of fused-ring (bicyclic) bond motifs is 1. The monoisotopic (exact) mass is 525 g/mol. The number of nitrogens with one attached hydrogen (secondary N) is 1. The minimum atomic E-state index is -1.53. The molecule has 0 radical (unpaired) electrons. The minimum Gasteiger partial charge on any atom is -0.497 e. The van der Waals surface area contributed by atoms with Crippen LogP contribution >= 0.6 is 0 Å². The van der Waals surface area contributed by atoms with E-state index in [1.807, 2.05) is 75.3 Å². The molecule has 3 aromatic rings. The lowest BCUT2D eigenvalue weighted by molar-refractivity contribution is -0.132. The van der Waals surface area contributed by atoms with Crippen LogP contribution in [0.3, 0.4) is 0 Å². The molecule has 1 atom stereocenters. The predicted octanol–water partition coefficient (Wildman–Crippen LogP) is 2.66. The number of amides is 2. The number of ether oxygens (including phenoxy) is 1. The van der Waals surface area contributed by atoms with E-state index in [0.29, 0.717) is 17.2 Å². The molecule has 0 fully saturated rings. The quantitative estimate of drug-likeness (QED) is 0.437. The Morgan fingerprint density at radius 2 is 1.68 bits per heavy atom. The summed E-state index contributed by atoms with van der Waals surface area (Å²) in [5.41, 5.74) is 3.50. The van der Waals surface area contributed by atoms with Crippen LogP contribution in [-0.2, 0) is 27.1 Å². The van der Waals surface area contributed by atoms with Crippen molar-refractivity contribution in [2.45, 2.75) is 25.3 Å². The SMILES string of the molecule is COc1cc(C)c(S(=O)N(C)CC(=O)NCC(=O)N(C)Cc2ccc3nc(N(C)C)ccc3c2)c(C)c1. The molecule has 0 aliphatic rings. The van der Waals surface area contributed by atoms with Gasteiger partial charge in [0.25, 0.3) is 0 Å². The number of likely N-dealkylation sites (N-methyl/N-ethyl adjacent to an activating group) is 2. The molecule has 1 aromatic heterocycles. The van der Waals surface area contributed by atoms with E-state index >= 15 is 0 Å². The topological polar surface area (TPSA) is 95.1 Å². The van der Waals surface area contributed by atoms with E-state index in [9.17, 15) is 13.8 Å². The fourth-order valence-corrected chi connectivity index (χ4v) is 5.17. The molecule has 2 amide bonds. The Balaban J connectivity index is 1.53. The van der Waals surface area contributed by atoms with Gasteiger partial charge in [0.15, 0.2) is 0 Å². The van der Waals surface area contributed by atoms with E-state index < -0.39 is 11.0 Å². The third kappa shape index (κ3) is 7.05. The predicted molar refractivity (Wildman–Crippen MR) is 147 cm³/mol. The number of nitrogens with zero attached hydrogens (tertiary/aromatic N) is 4. The van der Waals surface area contributed by atoms with Crippen molar-refractivity contribution in [1.82, 2.24) is 19.5 Å².